The SMILES string of the molecule is COC(=O)[C@H]1[C@@H]2[C@H](CC(C)=O)[C@@H](C(=O)OC)ON2O[C@H]1C(=O)OC. The van der Waals surface area contributed by atoms with Gasteiger partial charge in [0.15, 0.2) is 12.2 Å². The van der Waals surface area contributed by atoms with Gasteiger partial charge in [-0.2, -0.15) is 0 Å². The number of hydroxylamine groups is 2. The number of carbonyl (C=O) groups is 4. The van der Waals surface area contributed by atoms with Gasteiger partial charge >= 0.3 is 17.9 Å². The van der Waals surface area contributed by atoms with E-state index in [1.54, 1.807) is 0 Å². The van der Waals surface area contributed by atoms with Crippen molar-refractivity contribution in [3.05, 3.63) is 0 Å². The Labute approximate surface area is 137 Å². The summed E-state index contributed by atoms with van der Waals surface area (Å²) in [4.78, 5) is 58.2. The molecule has 2 fully saturated rings. The van der Waals surface area contributed by atoms with E-state index in [-0.39, 0.29) is 12.2 Å². The Bertz CT molecular complexity index is 548. The number of fused-ring (bicyclic) bond motifs is 1. The minimum Gasteiger partial charge on any atom is -0.469 e. The summed E-state index contributed by atoms with van der Waals surface area (Å²) in [5.41, 5.74) is 0. The maximum absolute atomic E-state index is 12.2. The van der Waals surface area contributed by atoms with Crippen LogP contribution in [-0.4, -0.2) is 68.5 Å². The van der Waals surface area contributed by atoms with Crippen molar-refractivity contribution in [3.63, 3.8) is 0 Å². The molecule has 24 heavy (non-hydrogen) atoms. The Morgan fingerprint density at radius 3 is 1.88 bits per heavy atom. The van der Waals surface area contributed by atoms with E-state index in [1.165, 1.54) is 14.0 Å². The molecule has 0 aliphatic carbocycles. The standard InChI is InChI=1S/C14H19NO9/c1-6(16)5-7-9-8(12(17)20-2)11(14(19)22-4)24-15(9)23-10(7)13(18)21-3/h7-11H,5H2,1-4H3/t7-,8-,9-,10-,11+/m0/s1. The lowest BCUT2D eigenvalue weighted by Crippen LogP contribution is -2.44. The Morgan fingerprint density at radius 2 is 1.38 bits per heavy atom. The summed E-state index contributed by atoms with van der Waals surface area (Å²) in [5, 5.41) is 0.901. The van der Waals surface area contributed by atoms with Crippen LogP contribution in [0.15, 0.2) is 0 Å². The minimum absolute atomic E-state index is 0.0638. The van der Waals surface area contributed by atoms with Gasteiger partial charge in [0.25, 0.3) is 0 Å². The van der Waals surface area contributed by atoms with Gasteiger partial charge in [0.1, 0.15) is 11.7 Å². The normalized spacial score (nSPS) is 32.1. The lowest BCUT2D eigenvalue weighted by atomic mass is 9.81. The largest absolute Gasteiger partial charge is 0.469 e. The van der Waals surface area contributed by atoms with Crippen LogP contribution in [0.25, 0.3) is 0 Å². The van der Waals surface area contributed by atoms with E-state index in [0.29, 0.717) is 0 Å². The highest BCUT2D eigenvalue weighted by molar-refractivity contribution is 5.86. The fraction of sp³-hybridized carbons (Fsp3) is 0.714. The molecule has 0 radical (unpaired) electrons. The third-order valence-corrected chi connectivity index (χ3v) is 4.06. The first-order valence-corrected chi connectivity index (χ1v) is 7.21. The van der Waals surface area contributed by atoms with Gasteiger partial charge in [-0.3, -0.25) is 14.5 Å². The number of hydrogen-bond donors (Lipinski definition) is 0. The van der Waals surface area contributed by atoms with Crippen LogP contribution in [0.1, 0.15) is 13.3 Å². The van der Waals surface area contributed by atoms with E-state index < -0.39 is 48.0 Å². The summed E-state index contributed by atoms with van der Waals surface area (Å²) < 4.78 is 14.0. The van der Waals surface area contributed by atoms with Crippen molar-refractivity contribution < 1.29 is 43.1 Å². The first-order valence-electron chi connectivity index (χ1n) is 7.21. The molecule has 0 unspecified atom stereocenters. The summed E-state index contributed by atoms with van der Waals surface area (Å²) in [7, 11) is 3.48. The number of ketones is 1. The third-order valence-electron chi connectivity index (χ3n) is 4.06. The van der Waals surface area contributed by atoms with Crippen LogP contribution in [0.3, 0.4) is 0 Å². The van der Waals surface area contributed by atoms with Crippen LogP contribution in [-0.2, 0) is 43.1 Å². The molecule has 2 aliphatic rings. The van der Waals surface area contributed by atoms with Gasteiger partial charge in [-0.25, -0.2) is 9.59 Å². The zero-order valence-corrected chi connectivity index (χ0v) is 13.7. The van der Waals surface area contributed by atoms with Crippen LogP contribution in [0.4, 0.5) is 0 Å². The minimum atomic E-state index is -1.29. The number of nitrogens with zero attached hydrogens (tertiary/aromatic N) is 1. The molecule has 134 valence electrons. The number of carbonyl (C=O) groups excluding carboxylic acids is 4. The van der Waals surface area contributed by atoms with Crippen LogP contribution in [0.2, 0.25) is 0 Å². The highest BCUT2D eigenvalue weighted by atomic mass is 17.0. The van der Waals surface area contributed by atoms with Crippen molar-refractivity contribution in [2.75, 3.05) is 21.3 Å². The Morgan fingerprint density at radius 1 is 0.875 bits per heavy atom. The zero-order valence-electron chi connectivity index (χ0n) is 13.7. The highest BCUT2D eigenvalue weighted by Gasteiger charge is 2.63. The molecule has 2 heterocycles. The molecular formula is C14H19NO9. The van der Waals surface area contributed by atoms with E-state index in [0.717, 1.165) is 19.4 Å². The smallest absolute Gasteiger partial charge is 0.338 e. The highest BCUT2D eigenvalue weighted by Crippen LogP contribution is 2.43. The molecule has 0 bridgehead atoms. The molecule has 0 saturated carbocycles. The summed E-state index contributed by atoms with van der Waals surface area (Å²) in [6, 6.07) is -0.866. The molecule has 2 rings (SSSR count). The maximum Gasteiger partial charge on any atom is 0.338 e. The van der Waals surface area contributed by atoms with Crippen molar-refractivity contribution in [1.29, 1.82) is 0 Å². The number of Topliss-reactive ketones (excluding diaryl/α,β-unsaturated/α-hetero) is 1. The van der Waals surface area contributed by atoms with E-state index in [1.807, 2.05) is 0 Å². The fourth-order valence-electron chi connectivity index (χ4n) is 3.04. The molecule has 0 aromatic heterocycles. The Kier molecular flexibility index (Phi) is 5.52. The van der Waals surface area contributed by atoms with Crippen LogP contribution in [0, 0.1) is 11.8 Å². The monoisotopic (exact) mass is 345 g/mol. The molecule has 0 aromatic carbocycles. The first kappa shape index (κ1) is 18.3. The second-order valence-corrected chi connectivity index (χ2v) is 5.49. The van der Waals surface area contributed by atoms with Gasteiger partial charge < -0.3 is 19.0 Å². The zero-order chi connectivity index (χ0) is 18.0. The van der Waals surface area contributed by atoms with Gasteiger partial charge in [-0.05, 0) is 6.92 Å². The van der Waals surface area contributed by atoms with Crippen molar-refractivity contribution in [2.24, 2.45) is 11.8 Å². The van der Waals surface area contributed by atoms with Gasteiger partial charge in [-0.15, -0.1) is 0 Å². The molecule has 0 N–H and O–H groups in total. The number of hydrogen-bond acceptors (Lipinski definition) is 10. The van der Waals surface area contributed by atoms with Crippen molar-refractivity contribution >= 4 is 23.7 Å². The lowest BCUT2D eigenvalue weighted by molar-refractivity contribution is -0.350. The number of rotatable bonds is 5. The van der Waals surface area contributed by atoms with E-state index >= 15 is 0 Å². The van der Waals surface area contributed by atoms with E-state index in [4.69, 9.17) is 14.4 Å². The predicted molar refractivity (Wildman–Crippen MR) is 73.7 cm³/mol. The molecule has 10 nitrogen and oxygen atoms in total. The first-order chi connectivity index (χ1) is 11.3. The van der Waals surface area contributed by atoms with E-state index in [9.17, 15) is 19.2 Å². The summed E-state index contributed by atoms with van der Waals surface area (Å²) in [5.74, 6) is -4.31. The van der Waals surface area contributed by atoms with Gasteiger partial charge in [0.2, 0.25) is 0 Å². The van der Waals surface area contributed by atoms with Gasteiger partial charge in [0, 0.05) is 12.3 Å². The molecule has 10 heteroatoms. The fourth-order valence-corrected chi connectivity index (χ4v) is 3.04. The Hall–Kier alpha value is -2.04. The quantitative estimate of drug-likeness (QED) is 0.454. The lowest BCUT2D eigenvalue weighted by Gasteiger charge is -2.22. The second kappa shape index (κ2) is 7.24. The third kappa shape index (κ3) is 3.12. The van der Waals surface area contributed by atoms with Gasteiger partial charge in [-0.1, -0.05) is 5.23 Å². The molecule has 0 aromatic rings. The number of methoxy groups -OCH3 is 3. The molecule has 0 spiro atoms. The maximum atomic E-state index is 12.2. The summed E-state index contributed by atoms with van der Waals surface area (Å²) in [6.45, 7) is 1.34. The van der Waals surface area contributed by atoms with Crippen molar-refractivity contribution in [3.8, 4) is 0 Å². The molecular weight excluding hydrogens is 326 g/mol. The average Bonchev–Trinajstić information content (AvgIpc) is 3.09. The predicted octanol–water partition coefficient (Wildman–Crippen LogP) is -0.985. The van der Waals surface area contributed by atoms with Crippen molar-refractivity contribution in [2.45, 2.75) is 31.6 Å². The molecule has 2 saturated heterocycles. The van der Waals surface area contributed by atoms with E-state index in [2.05, 4.69) is 9.47 Å². The number of ether oxygens (including phenoxy) is 3. The second-order valence-electron chi connectivity index (χ2n) is 5.49. The van der Waals surface area contributed by atoms with Crippen molar-refractivity contribution in [1.82, 2.24) is 5.23 Å². The topological polar surface area (TPSA) is 118 Å². The number of esters is 3. The molecule has 2 aliphatic heterocycles. The Balaban J connectivity index is 2.38. The van der Waals surface area contributed by atoms with Crippen LogP contribution < -0.4 is 0 Å². The van der Waals surface area contributed by atoms with Gasteiger partial charge in [0.05, 0.1) is 27.4 Å². The summed E-state index contributed by atoms with van der Waals surface area (Å²) in [6.07, 6.45) is -2.48. The molecule has 5 atom stereocenters. The van der Waals surface area contributed by atoms with Crippen LogP contribution in [0.5, 0.6) is 0 Å². The average molecular weight is 345 g/mol. The summed E-state index contributed by atoms with van der Waals surface area (Å²) >= 11 is 0. The molecule has 0 amide bonds. The van der Waals surface area contributed by atoms with Crippen LogP contribution >= 0.6 is 0 Å².